The van der Waals surface area contributed by atoms with Gasteiger partial charge in [-0.15, -0.1) is 0 Å². The minimum Gasteiger partial charge on any atom is -0.345 e. The lowest BCUT2D eigenvalue weighted by Gasteiger charge is -2.19. The van der Waals surface area contributed by atoms with Gasteiger partial charge in [0.2, 0.25) is 5.91 Å². The fourth-order valence-electron chi connectivity index (χ4n) is 1.90. The van der Waals surface area contributed by atoms with Crippen LogP contribution in [-0.4, -0.2) is 49.4 Å². The number of hydrogen-bond donors (Lipinski definition) is 0. The van der Waals surface area contributed by atoms with E-state index in [-0.39, 0.29) is 5.91 Å². The monoisotopic (exact) mass is 273 g/mol. The van der Waals surface area contributed by atoms with Gasteiger partial charge in [-0.3, -0.25) is 4.79 Å². The summed E-state index contributed by atoms with van der Waals surface area (Å²) in [5.74, 6) is 0.104. The maximum absolute atomic E-state index is 11.8. The summed E-state index contributed by atoms with van der Waals surface area (Å²) in [6, 6.07) is 12.4. The van der Waals surface area contributed by atoms with Gasteiger partial charge in [-0.2, -0.15) is 5.26 Å². The van der Waals surface area contributed by atoms with Crippen LogP contribution in [-0.2, 0) is 11.2 Å². The number of hydrogen-bond acceptors (Lipinski definition) is 3. The summed E-state index contributed by atoms with van der Waals surface area (Å²) in [7, 11) is 3.79. The van der Waals surface area contributed by atoms with Crippen LogP contribution in [0.4, 0.5) is 0 Å². The minimum atomic E-state index is 0.104. The number of likely N-dealkylation sites (N-methyl/N-ethyl adjacent to an activating group) is 1. The molecule has 0 atom stereocenters. The Morgan fingerprint density at radius 1 is 1.15 bits per heavy atom. The van der Waals surface area contributed by atoms with Crippen molar-refractivity contribution in [3.63, 3.8) is 0 Å². The van der Waals surface area contributed by atoms with Gasteiger partial charge < -0.3 is 9.80 Å². The van der Waals surface area contributed by atoms with Crippen molar-refractivity contribution in [1.82, 2.24) is 9.80 Å². The van der Waals surface area contributed by atoms with Gasteiger partial charge in [-0.25, -0.2) is 0 Å². The first kappa shape index (κ1) is 16.2. The molecule has 1 aromatic rings. The minimum absolute atomic E-state index is 0.104. The standard InChI is InChI=1S/C16H23N3O/c1-18(13-9-15-7-4-3-5-8-15)14-10-16(20)19(2)12-6-11-17/h3-5,7-8H,6,9-10,12-14H2,1-2H3. The summed E-state index contributed by atoms with van der Waals surface area (Å²) in [6.45, 7) is 2.21. The Balaban J connectivity index is 2.21. The fraction of sp³-hybridized carbons (Fsp3) is 0.500. The average Bonchev–Trinajstić information content (AvgIpc) is 2.49. The third-order valence-corrected chi connectivity index (χ3v) is 3.32. The molecule has 0 aliphatic rings. The molecule has 0 radical (unpaired) electrons. The van der Waals surface area contributed by atoms with E-state index in [1.165, 1.54) is 5.56 Å². The lowest BCUT2D eigenvalue weighted by molar-refractivity contribution is -0.130. The van der Waals surface area contributed by atoms with Gasteiger partial charge in [0, 0.05) is 33.1 Å². The molecular weight excluding hydrogens is 250 g/mol. The van der Waals surface area contributed by atoms with Crippen LogP contribution in [0.5, 0.6) is 0 Å². The van der Waals surface area contributed by atoms with Crippen LogP contribution in [0, 0.1) is 11.3 Å². The fourth-order valence-corrected chi connectivity index (χ4v) is 1.90. The molecule has 108 valence electrons. The van der Waals surface area contributed by atoms with Crippen LogP contribution in [0.2, 0.25) is 0 Å². The molecule has 0 aliphatic carbocycles. The van der Waals surface area contributed by atoms with E-state index in [9.17, 15) is 4.79 Å². The first-order chi connectivity index (χ1) is 9.63. The molecule has 0 fully saturated rings. The van der Waals surface area contributed by atoms with Crippen LogP contribution in [0.3, 0.4) is 0 Å². The molecule has 0 saturated heterocycles. The zero-order valence-electron chi connectivity index (χ0n) is 12.4. The first-order valence-corrected chi connectivity index (χ1v) is 6.97. The van der Waals surface area contributed by atoms with Crippen molar-refractivity contribution in [1.29, 1.82) is 5.26 Å². The molecule has 0 aliphatic heterocycles. The van der Waals surface area contributed by atoms with E-state index in [1.807, 2.05) is 25.2 Å². The largest absolute Gasteiger partial charge is 0.345 e. The molecule has 0 unspecified atom stereocenters. The Morgan fingerprint density at radius 3 is 2.50 bits per heavy atom. The zero-order valence-corrected chi connectivity index (χ0v) is 12.4. The Labute approximate surface area is 121 Å². The van der Waals surface area contributed by atoms with Gasteiger partial charge in [0.1, 0.15) is 0 Å². The quantitative estimate of drug-likeness (QED) is 0.727. The Hall–Kier alpha value is -1.86. The molecule has 1 aromatic carbocycles. The first-order valence-electron chi connectivity index (χ1n) is 6.97. The molecule has 1 rings (SSSR count). The van der Waals surface area contributed by atoms with Gasteiger partial charge in [0.25, 0.3) is 0 Å². The van der Waals surface area contributed by atoms with Crippen LogP contribution >= 0.6 is 0 Å². The van der Waals surface area contributed by atoms with E-state index in [2.05, 4.69) is 23.1 Å². The molecule has 0 heterocycles. The maximum atomic E-state index is 11.8. The van der Waals surface area contributed by atoms with Crippen molar-refractivity contribution >= 4 is 5.91 Å². The molecule has 4 nitrogen and oxygen atoms in total. The van der Waals surface area contributed by atoms with Crippen molar-refractivity contribution in [3.8, 4) is 6.07 Å². The SMILES string of the molecule is CN(CCC(=O)N(C)CCC#N)CCc1ccccc1. The van der Waals surface area contributed by atoms with Gasteiger partial charge >= 0.3 is 0 Å². The van der Waals surface area contributed by atoms with Crippen LogP contribution in [0.25, 0.3) is 0 Å². The second-order valence-corrected chi connectivity index (χ2v) is 5.01. The Morgan fingerprint density at radius 2 is 1.85 bits per heavy atom. The number of rotatable bonds is 8. The average molecular weight is 273 g/mol. The molecule has 4 heteroatoms. The molecule has 0 aromatic heterocycles. The van der Waals surface area contributed by atoms with Gasteiger partial charge in [0.15, 0.2) is 0 Å². The van der Waals surface area contributed by atoms with E-state index in [0.29, 0.717) is 19.4 Å². The predicted molar refractivity (Wildman–Crippen MR) is 80.1 cm³/mol. The highest BCUT2D eigenvalue weighted by atomic mass is 16.2. The third-order valence-electron chi connectivity index (χ3n) is 3.32. The summed E-state index contributed by atoms with van der Waals surface area (Å²) in [6.07, 6.45) is 1.90. The molecule has 0 bridgehead atoms. The number of carbonyl (C=O) groups excluding carboxylic acids is 1. The summed E-state index contributed by atoms with van der Waals surface area (Å²) >= 11 is 0. The topological polar surface area (TPSA) is 47.3 Å². The van der Waals surface area contributed by atoms with E-state index in [0.717, 1.165) is 19.5 Å². The number of nitrogens with zero attached hydrogens (tertiary/aromatic N) is 3. The molecule has 20 heavy (non-hydrogen) atoms. The molecule has 0 saturated carbocycles. The second-order valence-electron chi connectivity index (χ2n) is 5.01. The van der Waals surface area contributed by atoms with Crippen LogP contribution < -0.4 is 0 Å². The Bertz CT molecular complexity index is 439. The molecule has 0 N–H and O–H groups in total. The molecular formula is C16H23N3O. The summed E-state index contributed by atoms with van der Waals surface area (Å²) in [5.41, 5.74) is 1.32. The van der Waals surface area contributed by atoms with Gasteiger partial charge in [-0.05, 0) is 19.0 Å². The zero-order chi connectivity index (χ0) is 14.8. The van der Waals surface area contributed by atoms with Crippen molar-refractivity contribution < 1.29 is 4.79 Å². The predicted octanol–water partition coefficient (Wildman–Crippen LogP) is 1.92. The van der Waals surface area contributed by atoms with Crippen molar-refractivity contribution in [2.24, 2.45) is 0 Å². The lowest BCUT2D eigenvalue weighted by atomic mass is 10.1. The second kappa shape index (κ2) is 9.11. The van der Waals surface area contributed by atoms with Gasteiger partial charge in [0.05, 0.1) is 12.5 Å². The van der Waals surface area contributed by atoms with Crippen LogP contribution in [0.1, 0.15) is 18.4 Å². The van der Waals surface area contributed by atoms with Crippen LogP contribution in [0.15, 0.2) is 30.3 Å². The van der Waals surface area contributed by atoms with E-state index in [1.54, 1.807) is 11.9 Å². The lowest BCUT2D eigenvalue weighted by Crippen LogP contribution is -2.32. The summed E-state index contributed by atoms with van der Waals surface area (Å²) in [4.78, 5) is 15.6. The molecule has 0 spiro atoms. The number of benzene rings is 1. The highest BCUT2D eigenvalue weighted by molar-refractivity contribution is 5.76. The highest BCUT2D eigenvalue weighted by Gasteiger charge is 2.09. The molecule has 1 amide bonds. The van der Waals surface area contributed by atoms with Crippen molar-refractivity contribution in [2.75, 3.05) is 33.7 Å². The van der Waals surface area contributed by atoms with Crippen molar-refractivity contribution in [2.45, 2.75) is 19.3 Å². The third kappa shape index (κ3) is 6.35. The van der Waals surface area contributed by atoms with E-state index in [4.69, 9.17) is 5.26 Å². The maximum Gasteiger partial charge on any atom is 0.223 e. The normalized spacial score (nSPS) is 10.3. The Kier molecular flexibility index (Phi) is 7.38. The number of nitriles is 1. The number of amides is 1. The smallest absolute Gasteiger partial charge is 0.223 e. The van der Waals surface area contributed by atoms with E-state index >= 15 is 0 Å². The van der Waals surface area contributed by atoms with E-state index < -0.39 is 0 Å². The van der Waals surface area contributed by atoms with Gasteiger partial charge in [-0.1, -0.05) is 30.3 Å². The summed E-state index contributed by atoms with van der Waals surface area (Å²) in [5, 5.41) is 8.50. The number of carbonyl (C=O) groups is 1. The van der Waals surface area contributed by atoms with Crippen molar-refractivity contribution in [3.05, 3.63) is 35.9 Å². The highest BCUT2D eigenvalue weighted by Crippen LogP contribution is 2.01. The summed E-state index contributed by atoms with van der Waals surface area (Å²) < 4.78 is 0.